The van der Waals surface area contributed by atoms with Crippen LogP contribution in [0.25, 0.3) is 0 Å². The molecule has 2 heterocycles. The molecule has 0 saturated carbocycles. The normalized spacial score (nSPS) is 15.8. The first kappa shape index (κ1) is 21.1. The van der Waals surface area contributed by atoms with Crippen LogP contribution in [0.2, 0.25) is 0 Å². The van der Waals surface area contributed by atoms with Crippen LogP contribution in [0.4, 0.5) is 9.80 Å². The molecule has 0 radical (unpaired) electrons. The van der Waals surface area contributed by atoms with Crippen LogP contribution >= 0.6 is 22.9 Å². The number of alkyl halides is 1. The van der Waals surface area contributed by atoms with Gasteiger partial charge in [0.1, 0.15) is 22.5 Å². The van der Waals surface area contributed by atoms with Crippen molar-refractivity contribution in [1.82, 2.24) is 15.2 Å². The minimum Gasteiger partial charge on any atom is -0.445 e. The van der Waals surface area contributed by atoms with Crippen LogP contribution in [-0.4, -0.2) is 47.3 Å². The standard InChI is InChI=1S/C19H21ClN4O4S/c1-21-16(26)15-18(22-14(25)10-20)29-17(23-15)13-8-5-9-24(13)19(27)28-11-12-6-3-2-4-7-12/h2-4,6-7,13H,5,8-11H2,1H3,(H,21,26)(H,22,25)/t13-/m1/s1. The highest BCUT2D eigenvalue weighted by atomic mass is 35.5. The quantitative estimate of drug-likeness (QED) is 0.677. The molecule has 1 aliphatic rings. The lowest BCUT2D eigenvalue weighted by molar-refractivity contribution is -0.113. The number of ether oxygens (including phenoxy) is 1. The van der Waals surface area contributed by atoms with Crippen LogP contribution in [-0.2, 0) is 16.1 Å². The lowest BCUT2D eigenvalue weighted by Gasteiger charge is -2.22. The Kier molecular flexibility index (Phi) is 7.05. The average molecular weight is 437 g/mol. The molecular formula is C19H21ClN4O4S. The summed E-state index contributed by atoms with van der Waals surface area (Å²) in [5, 5.41) is 5.99. The number of halogens is 1. The summed E-state index contributed by atoms with van der Waals surface area (Å²) >= 11 is 6.72. The van der Waals surface area contributed by atoms with E-state index in [-0.39, 0.29) is 24.2 Å². The molecule has 8 nitrogen and oxygen atoms in total. The monoisotopic (exact) mass is 436 g/mol. The number of carbonyl (C=O) groups excluding carboxylic acids is 3. The van der Waals surface area contributed by atoms with E-state index in [4.69, 9.17) is 16.3 Å². The number of thiazole rings is 1. The molecule has 1 saturated heterocycles. The number of hydrogen-bond donors (Lipinski definition) is 2. The molecule has 2 N–H and O–H groups in total. The first-order valence-electron chi connectivity index (χ1n) is 9.09. The Hall–Kier alpha value is -2.65. The third-order valence-electron chi connectivity index (χ3n) is 4.44. The van der Waals surface area contributed by atoms with E-state index in [1.54, 1.807) is 4.90 Å². The molecule has 1 aromatic heterocycles. The van der Waals surface area contributed by atoms with E-state index < -0.39 is 17.9 Å². The number of benzene rings is 1. The molecular weight excluding hydrogens is 416 g/mol. The molecule has 1 atom stereocenters. The zero-order chi connectivity index (χ0) is 20.8. The minimum atomic E-state index is -0.433. The van der Waals surface area contributed by atoms with Crippen molar-refractivity contribution < 1.29 is 19.1 Å². The summed E-state index contributed by atoms with van der Waals surface area (Å²) in [4.78, 5) is 42.5. The van der Waals surface area contributed by atoms with Crippen LogP contribution in [0, 0.1) is 0 Å². The van der Waals surface area contributed by atoms with Gasteiger partial charge in [-0.05, 0) is 18.4 Å². The molecule has 10 heteroatoms. The summed E-state index contributed by atoms with van der Waals surface area (Å²) in [7, 11) is 1.48. The third-order valence-corrected chi connectivity index (χ3v) is 5.75. The fourth-order valence-corrected chi connectivity index (χ4v) is 4.23. The van der Waals surface area contributed by atoms with Crippen molar-refractivity contribution in [1.29, 1.82) is 0 Å². The number of amides is 3. The van der Waals surface area contributed by atoms with Gasteiger partial charge in [-0.2, -0.15) is 0 Å². The van der Waals surface area contributed by atoms with Crippen LogP contribution in [0.1, 0.15) is 39.9 Å². The van der Waals surface area contributed by atoms with Crippen molar-refractivity contribution >= 4 is 45.8 Å². The molecule has 3 rings (SSSR count). The molecule has 2 aromatic rings. The summed E-state index contributed by atoms with van der Waals surface area (Å²) in [5.74, 6) is -1.09. The molecule has 29 heavy (non-hydrogen) atoms. The van der Waals surface area contributed by atoms with Crippen molar-refractivity contribution in [2.75, 3.05) is 24.8 Å². The first-order chi connectivity index (χ1) is 14.0. The van der Waals surface area contributed by atoms with Gasteiger partial charge in [0.25, 0.3) is 5.91 Å². The fourth-order valence-electron chi connectivity index (χ4n) is 3.04. The van der Waals surface area contributed by atoms with Gasteiger partial charge in [0.2, 0.25) is 5.91 Å². The number of nitrogens with zero attached hydrogens (tertiary/aromatic N) is 2. The van der Waals surface area contributed by atoms with E-state index in [0.717, 1.165) is 12.0 Å². The number of likely N-dealkylation sites (tertiary alicyclic amines) is 1. The predicted molar refractivity (Wildman–Crippen MR) is 110 cm³/mol. The Morgan fingerprint density at radius 2 is 2.07 bits per heavy atom. The van der Waals surface area contributed by atoms with Crippen LogP contribution < -0.4 is 10.6 Å². The highest BCUT2D eigenvalue weighted by Gasteiger charge is 2.35. The second kappa shape index (κ2) is 9.71. The highest BCUT2D eigenvalue weighted by Crippen LogP contribution is 2.38. The van der Waals surface area contributed by atoms with Crippen LogP contribution in [0.5, 0.6) is 0 Å². The molecule has 3 amide bonds. The first-order valence-corrected chi connectivity index (χ1v) is 10.4. The van der Waals surface area contributed by atoms with E-state index >= 15 is 0 Å². The predicted octanol–water partition coefficient (Wildman–Crippen LogP) is 3.15. The topological polar surface area (TPSA) is 101 Å². The molecule has 0 unspecified atom stereocenters. The Balaban J connectivity index is 1.76. The second-order valence-electron chi connectivity index (χ2n) is 6.38. The largest absolute Gasteiger partial charge is 0.445 e. The Morgan fingerprint density at radius 1 is 1.31 bits per heavy atom. The van der Waals surface area contributed by atoms with Crippen molar-refractivity contribution in [2.45, 2.75) is 25.5 Å². The molecule has 1 fully saturated rings. The summed E-state index contributed by atoms with van der Waals surface area (Å²) < 4.78 is 5.45. The number of aromatic nitrogens is 1. The van der Waals surface area contributed by atoms with Gasteiger partial charge in [0, 0.05) is 13.6 Å². The number of anilines is 1. The summed E-state index contributed by atoms with van der Waals surface area (Å²) in [5.41, 5.74) is 1.01. The van der Waals surface area contributed by atoms with Crippen LogP contribution in [0.15, 0.2) is 30.3 Å². The van der Waals surface area contributed by atoms with Crippen LogP contribution in [0.3, 0.4) is 0 Å². The number of nitrogens with one attached hydrogen (secondary N) is 2. The molecule has 1 aliphatic heterocycles. The molecule has 0 spiro atoms. The number of carbonyl (C=O) groups is 3. The fraction of sp³-hybridized carbons (Fsp3) is 0.368. The van der Waals surface area contributed by atoms with Gasteiger partial charge in [-0.25, -0.2) is 9.78 Å². The summed E-state index contributed by atoms with van der Waals surface area (Å²) in [6, 6.07) is 9.12. The van der Waals surface area contributed by atoms with Crippen molar-refractivity contribution in [3.8, 4) is 0 Å². The SMILES string of the molecule is CNC(=O)c1nc([C@H]2CCCN2C(=O)OCc2ccccc2)sc1NC(=O)CCl. The lowest BCUT2D eigenvalue weighted by atomic mass is 10.2. The van der Waals surface area contributed by atoms with E-state index in [2.05, 4.69) is 15.6 Å². The van der Waals surface area contributed by atoms with Gasteiger partial charge < -0.3 is 15.4 Å². The second-order valence-corrected chi connectivity index (χ2v) is 7.68. The zero-order valence-corrected chi connectivity index (χ0v) is 17.4. The van der Waals surface area contributed by atoms with E-state index in [9.17, 15) is 14.4 Å². The number of rotatable bonds is 6. The third kappa shape index (κ3) is 5.04. The highest BCUT2D eigenvalue weighted by molar-refractivity contribution is 7.16. The van der Waals surface area contributed by atoms with Gasteiger partial charge in [-0.1, -0.05) is 41.7 Å². The Bertz CT molecular complexity index is 890. The van der Waals surface area contributed by atoms with E-state index in [0.29, 0.717) is 23.0 Å². The Morgan fingerprint density at radius 3 is 2.76 bits per heavy atom. The molecule has 154 valence electrons. The number of hydrogen-bond acceptors (Lipinski definition) is 6. The lowest BCUT2D eigenvalue weighted by Crippen LogP contribution is -2.31. The van der Waals surface area contributed by atoms with Gasteiger partial charge in [-0.3, -0.25) is 14.5 Å². The van der Waals surface area contributed by atoms with E-state index in [1.807, 2.05) is 30.3 Å². The zero-order valence-electron chi connectivity index (χ0n) is 15.8. The average Bonchev–Trinajstić information content (AvgIpc) is 3.39. The maximum absolute atomic E-state index is 12.6. The summed E-state index contributed by atoms with van der Waals surface area (Å²) in [6.45, 7) is 0.720. The maximum atomic E-state index is 12.6. The van der Waals surface area contributed by atoms with Crippen molar-refractivity contribution in [2.24, 2.45) is 0 Å². The molecule has 0 aliphatic carbocycles. The summed E-state index contributed by atoms with van der Waals surface area (Å²) in [6.07, 6.45) is 1.06. The van der Waals surface area contributed by atoms with E-state index in [1.165, 1.54) is 18.4 Å². The van der Waals surface area contributed by atoms with Crippen molar-refractivity contribution in [3.05, 3.63) is 46.6 Å². The maximum Gasteiger partial charge on any atom is 0.410 e. The van der Waals surface area contributed by atoms with Gasteiger partial charge in [-0.15, -0.1) is 11.6 Å². The van der Waals surface area contributed by atoms with Gasteiger partial charge in [0.15, 0.2) is 5.69 Å². The molecule has 0 bridgehead atoms. The van der Waals surface area contributed by atoms with Crippen molar-refractivity contribution in [3.63, 3.8) is 0 Å². The van der Waals surface area contributed by atoms with Gasteiger partial charge in [0.05, 0.1) is 6.04 Å². The Labute approximate surface area is 177 Å². The minimum absolute atomic E-state index is 0.107. The van der Waals surface area contributed by atoms with Gasteiger partial charge >= 0.3 is 6.09 Å². The smallest absolute Gasteiger partial charge is 0.410 e. The molecule has 1 aromatic carbocycles.